The van der Waals surface area contributed by atoms with E-state index in [1.165, 1.54) is 25.7 Å². The van der Waals surface area contributed by atoms with Gasteiger partial charge in [0.1, 0.15) is 0 Å². The van der Waals surface area contributed by atoms with Gasteiger partial charge in [0.25, 0.3) is 0 Å². The third kappa shape index (κ3) is 3.44. The molecule has 3 heteroatoms. The Morgan fingerprint density at radius 3 is 2.50 bits per heavy atom. The average molecular weight is 227 g/mol. The Bertz CT molecular complexity index is 208. The summed E-state index contributed by atoms with van der Waals surface area (Å²) in [6.07, 6.45) is 6.74. The molecular weight excluding hydrogens is 202 g/mol. The summed E-state index contributed by atoms with van der Waals surface area (Å²) in [6.45, 7) is 3.81. The molecule has 0 radical (unpaired) electrons. The van der Waals surface area contributed by atoms with Gasteiger partial charge in [-0.2, -0.15) is 0 Å². The normalized spacial score (nSPS) is 26.4. The number of hydrogen-bond acceptors (Lipinski definition) is 3. The Hall–Kier alpha value is -0.120. The predicted molar refractivity (Wildman–Crippen MR) is 64.5 cm³/mol. The Morgan fingerprint density at radius 1 is 1.25 bits per heavy atom. The molecule has 94 valence electrons. The second-order valence-electron chi connectivity index (χ2n) is 5.68. The summed E-state index contributed by atoms with van der Waals surface area (Å²) in [5.41, 5.74) is -0.389. The number of ether oxygens (including phenoxy) is 1. The van der Waals surface area contributed by atoms with Crippen LogP contribution in [-0.2, 0) is 4.74 Å². The van der Waals surface area contributed by atoms with E-state index >= 15 is 0 Å². The van der Waals surface area contributed by atoms with Gasteiger partial charge >= 0.3 is 0 Å². The van der Waals surface area contributed by atoms with E-state index < -0.39 is 0 Å². The zero-order valence-electron chi connectivity index (χ0n) is 10.5. The van der Waals surface area contributed by atoms with Gasteiger partial charge in [0.2, 0.25) is 0 Å². The first-order chi connectivity index (χ1) is 7.68. The number of rotatable bonds is 4. The van der Waals surface area contributed by atoms with Crippen molar-refractivity contribution in [2.45, 2.75) is 44.1 Å². The molecule has 2 aliphatic rings. The lowest BCUT2D eigenvalue weighted by Crippen LogP contribution is -2.41. The molecule has 0 aromatic carbocycles. The number of aliphatic hydroxyl groups is 1. The van der Waals surface area contributed by atoms with Crippen molar-refractivity contribution in [3.63, 3.8) is 0 Å². The average Bonchev–Trinajstić information content (AvgIpc) is 2.66. The molecule has 0 aromatic heterocycles. The minimum Gasteiger partial charge on any atom is -0.389 e. The lowest BCUT2D eigenvalue weighted by atomic mass is 9.97. The van der Waals surface area contributed by atoms with E-state index in [9.17, 15) is 5.11 Å². The van der Waals surface area contributed by atoms with Crippen LogP contribution in [-0.4, -0.2) is 49.0 Å². The summed E-state index contributed by atoms with van der Waals surface area (Å²) in [5.74, 6) is 0.767. The standard InChI is InChI=1S/C13H25NO2/c1-14(10-12-4-8-16-9-5-12)11-13(15)6-2-3-7-13/h12,15H,2-11H2,1H3. The van der Waals surface area contributed by atoms with E-state index in [0.717, 1.165) is 45.1 Å². The van der Waals surface area contributed by atoms with Crippen molar-refractivity contribution >= 4 is 0 Å². The van der Waals surface area contributed by atoms with Crippen LogP contribution in [0, 0.1) is 5.92 Å². The van der Waals surface area contributed by atoms with Crippen molar-refractivity contribution in [2.24, 2.45) is 5.92 Å². The molecule has 0 bridgehead atoms. The van der Waals surface area contributed by atoms with Crippen LogP contribution in [0.15, 0.2) is 0 Å². The minimum absolute atomic E-state index is 0.389. The maximum Gasteiger partial charge on any atom is 0.0774 e. The van der Waals surface area contributed by atoms with Crippen LogP contribution in [0.25, 0.3) is 0 Å². The van der Waals surface area contributed by atoms with Crippen molar-refractivity contribution in [3.8, 4) is 0 Å². The number of nitrogens with zero attached hydrogens (tertiary/aromatic N) is 1. The summed E-state index contributed by atoms with van der Waals surface area (Å²) in [6, 6.07) is 0. The van der Waals surface area contributed by atoms with Crippen molar-refractivity contribution in [2.75, 3.05) is 33.4 Å². The van der Waals surface area contributed by atoms with E-state index in [1.807, 2.05) is 0 Å². The van der Waals surface area contributed by atoms with E-state index in [1.54, 1.807) is 0 Å². The molecule has 2 rings (SSSR count). The van der Waals surface area contributed by atoms with Crippen LogP contribution < -0.4 is 0 Å². The zero-order chi connectivity index (χ0) is 11.4. The molecule has 0 unspecified atom stereocenters. The van der Waals surface area contributed by atoms with Gasteiger partial charge in [-0.3, -0.25) is 0 Å². The summed E-state index contributed by atoms with van der Waals surface area (Å²) in [7, 11) is 2.14. The topological polar surface area (TPSA) is 32.7 Å². The van der Waals surface area contributed by atoms with Gasteiger partial charge in [-0.25, -0.2) is 0 Å². The smallest absolute Gasteiger partial charge is 0.0774 e. The first-order valence-corrected chi connectivity index (χ1v) is 6.67. The van der Waals surface area contributed by atoms with Gasteiger partial charge in [-0.15, -0.1) is 0 Å². The molecule has 16 heavy (non-hydrogen) atoms. The van der Waals surface area contributed by atoms with Crippen LogP contribution in [0.5, 0.6) is 0 Å². The molecular formula is C13H25NO2. The summed E-state index contributed by atoms with van der Waals surface area (Å²) < 4.78 is 5.37. The Morgan fingerprint density at radius 2 is 1.88 bits per heavy atom. The minimum atomic E-state index is -0.389. The van der Waals surface area contributed by atoms with Gasteiger partial charge in [0.05, 0.1) is 5.60 Å². The second-order valence-corrected chi connectivity index (χ2v) is 5.68. The lowest BCUT2D eigenvalue weighted by Gasteiger charge is -2.32. The van der Waals surface area contributed by atoms with Gasteiger partial charge < -0.3 is 14.7 Å². The Labute approximate surface area is 98.8 Å². The SMILES string of the molecule is CN(CC1CCOCC1)CC1(O)CCCC1. The molecule has 1 N–H and O–H groups in total. The maximum absolute atomic E-state index is 10.3. The molecule has 0 spiro atoms. The Kier molecular flexibility index (Phi) is 4.22. The van der Waals surface area contributed by atoms with Crippen LogP contribution in [0.4, 0.5) is 0 Å². The fraction of sp³-hybridized carbons (Fsp3) is 1.00. The van der Waals surface area contributed by atoms with Gasteiger partial charge in [0.15, 0.2) is 0 Å². The second kappa shape index (κ2) is 5.48. The third-order valence-corrected chi connectivity index (χ3v) is 4.01. The number of hydrogen-bond donors (Lipinski definition) is 1. The maximum atomic E-state index is 10.3. The molecule has 1 heterocycles. The molecule has 0 amide bonds. The highest BCUT2D eigenvalue weighted by Crippen LogP contribution is 2.30. The molecule has 0 aromatic rings. The van der Waals surface area contributed by atoms with Crippen LogP contribution in [0.2, 0.25) is 0 Å². The predicted octanol–water partition coefficient (Wildman–Crippen LogP) is 1.65. The van der Waals surface area contributed by atoms with Crippen molar-refractivity contribution in [1.29, 1.82) is 0 Å². The highest BCUT2D eigenvalue weighted by Gasteiger charge is 2.32. The van der Waals surface area contributed by atoms with Gasteiger partial charge in [0, 0.05) is 26.3 Å². The lowest BCUT2D eigenvalue weighted by molar-refractivity contribution is 0.00347. The molecule has 1 aliphatic carbocycles. The van der Waals surface area contributed by atoms with Gasteiger partial charge in [-0.05, 0) is 38.6 Å². The van der Waals surface area contributed by atoms with E-state index in [4.69, 9.17) is 4.74 Å². The highest BCUT2D eigenvalue weighted by atomic mass is 16.5. The first kappa shape index (κ1) is 12.3. The van der Waals surface area contributed by atoms with Gasteiger partial charge in [-0.1, -0.05) is 12.8 Å². The number of likely N-dealkylation sites (N-methyl/N-ethyl adjacent to an activating group) is 1. The Balaban J connectivity index is 1.72. The molecule has 3 nitrogen and oxygen atoms in total. The highest BCUT2D eigenvalue weighted by molar-refractivity contribution is 4.87. The first-order valence-electron chi connectivity index (χ1n) is 6.67. The van der Waals surface area contributed by atoms with Crippen molar-refractivity contribution in [3.05, 3.63) is 0 Å². The summed E-state index contributed by atoms with van der Waals surface area (Å²) in [4.78, 5) is 2.32. The van der Waals surface area contributed by atoms with Crippen molar-refractivity contribution < 1.29 is 9.84 Å². The van der Waals surface area contributed by atoms with Crippen molar-refractivity contribution in [1.82, 2.24) is 4.90 Å². The van der Waals surface area contributed by atoms with E-state index in [-0.39, 0.29) is 5.60 Å². The zero-order valence-corrected chi connectivity index (χ0v) is 10.5. The fourth-order valence-corrected chi connectivity index (χ4v) is 3.13. The summed E-state index contributed by atoms with van der Waals surface area (Å²) >= 11 is 0. The third-order valence-electron chi connectivity index (χ3n) is 4.01. The molecule has 1 saturated heterocycles. The summed E-state index contributed by atoms with van der Waals surface area (Å²) in [5, 5.41) is 10.3. The quantitative estimate of drug-likeness (QED) is 0.792. The molecule has 1 saturated carbocycles. The monoisotopic (exact) mass is 227 g/mol. The van der Waals surface area contributed by atoms with Crippen LogP contribution in [0.3, 0.4) is 0 Å². The van der Waals surface area contributed by atoms with Crippen LogP contribution in [0.1, 0.15) is 38.5 Å². The van der Waals surface area contributed by atoms with E-state index in [2.05, 4.69) is 11.9 Å². The molecule has 0 atom stereocenters. The van der Waals surface area contributed by atoms with Crippen LogP contribution >= 0.6 is 0 Å². The molecule has 2 fully saturated rings. The fourth-order valence-electron chi connectivity index (χ4n) is 3.13. The largest absolute Gasteiger partial charge is 0.389 e. The van der Waals surface area contributed by atoms with E-state index in [0.29, 0.717) is 0 Å². The molecule has 1 aliphatic heterocycles.